The Hall–Kier alpha value is -3.01. The number of halogens is 2. The fraction of sp³-hybridized carbons (Fsp3) is 0.136. The third kappa shape index (κ3) is 2.58. The first-order valence-corrected chi connectivity index (χ1v) is 8.32. The van der Waals surface area contributed by atoms with Crippen LogP contribution in [-0.2, 0) is 5.92 Å². The van der Waals surface area contributed by atoms with Crippen LogP contribution in [0.1, 0.15) is 16.8 Å². The van der Waals surface area contributed by atoms with E-state index in [1.165, 1.54) is 31.4 Å². The van der Waals surface area contributed by atoms with Crippen molar-refractivity contribution in [1.29, 1.82) is 0 Å². The lowest BCUT2D eigenvalue weighted by Gasteiger charge is -2.20. The van der Waals surface area contributed by atoms with Crippen molar-refractivity contribution in [1.82, 2.24) is 4.98 Å². The molecular formula is C22H17F2NO. The van der Waals surface area contributed by atoms with E-state index in [9.17, 15) is 0 Å². The standard InChI is InChI=1S/C22H17F2NO/c1-14-7-12-17-18-5-3-4-6-20(18)25-21(19(17)13-14)22(23,24)15-8-10-16(26-2)11-9-15/h3-13H,1-2H3. The van der Waals surface area contributed by atoms with Gasteiger partial charge in [0, 0.05) is 16.3 Å². The number of para-hydroxylation sites is 1. The van der Waals surface area contributed by atoms with Crippen LogP contribution in [0.15, 0.2) is 66.7 Å². The average Bonchev–Trinajstić information content (AvgIpc) is 2.67. The van der Waals surface area contributed by atoms with E-state index in [0.717, 1.165) is 16.3 Å². The van der Waals surface area contributed by atoms with Gasteiger partial charge >= 0.3 is 5.92 Å². The molecule has 3 aromatic carbocycles. The van der Waals surface area contributed by atoms with Crippen molar-refractivity contribution >= 4 is 21.7 Å². The summed E-state index contributed by atoms with van der Waals surface area (Å²) in [6, 6.07) is 18.8. The highest BCUT2D eigenvalue weighted by Crippen LogP contribution is 2.40. The first-order chi connectivity index (χ1) is 12.5. The van der Waals surface area contributed by atoms with Crippen LogP contribution in [0.25, 0.3) is 21.7 Å². The molecule has 0 saturated heterocycles. The molecule has 4 aromatic rings. The van der Waals surface area contributed by atoms with E-state index >= 15 is 8.78 Å². The number of ether oxygens (including phenoxy) is 1. The first kappa shape index (κ1) is 16.5. The van der Waals surface area contributed by atoms with Gasteiger partial charge < -0.3 is 4.74 Å². The zero-order valence-electron chi connectivity index (χ0n) is 14.5. The molecular weight excluding hydrogens is 332 g/mol. The molecule has 0 amide bonds. The van der Waals surface area contributed by atoms with Crippen LogP contribution in [0.2, 0.25) is 0 Å². The van der Waals surface area contributed by atoms with Crippen LogP contribution in [0.4, 0.5) is 8.78 Å². The van der Waals surface area contributed by atoms with Crippen LogP contribution in [-0.4, -0.2) is 12.1 Å². The van der Waals surface area contributed by atoms with Crippen molar-refractivity contribution in [2.45, 2.75) is 12.8 Å². The Morgan fingerprint density at radius 2 is 1.58 bits per heavy atom. The number of nitrogens with zero attached hydrogens (tertiary/aromatic N) is 1. The summed E-state index contributed by atoms with van der Waals surface area (Å²) in [5.74, 6) is -2.68. The minimum Gasteiger partial charge on any atom is -0.497 e. The van der Waals surface area contributed by atoms with E-state index in [1.807, 2.05) is 37.3 Å². The molecule has 0 unspecified atom stereocenters. The zero-order valence-corrected chi connectivity index (χ0v) is 14.5. The Labute approximate surface area is 150 Å². The summed E-state index contributed by atoms with van der Waals surface area (Å²) in [5.41, 5.74) is 1.15. The van der Waals surface area contributed by atoms with Gasteiger partial charge in [-0.25, -0.2) is 4.98 Å². The quantitative estimate of drug-likeness (QED) is 0.433. The Kier molecular flexibility index (Phi) is 3.83. The van der Waals surface area contributed by atoms with Crippen LogP contribution >= 0.6 is 0 Å². The van der Waals surface area contributed by atoms with Gasteiger partial charge in [-0.3, -0.25) is 0 Å². The number of pyridine rings is 1. The molecule has 130 valence electrons. The van der Waals surface area contributed by atoms with Gasteiger partial charge in [0.1, 0.15) is 11.4 Å². The van der Waals surface area contributed by atoms with E-state index in [0.29, 0.717) is 16.7 Å². The zero-order chi connectivity index (χ0) is 18.3. The highest BCUT2D eigenvalue weighted by atomic mass is 19.3. The number of alkyl halides is 2. The second kappa shape index (κ2) is 6.06. The third-order valence-corrected chi connectivity index (χ3v) is 4.61. The number of fused-ring (bicyclic) bond motifs is 3. The van der Waals surface area contributed by atoms with Crippen molar-refractivity contribution in [3.63, 3.8) is 0 Å². The second-order valence-corrected chi connectivity index (χ2v) is 6.33. The number of hydrogen-bond donors (Lipinski definition) is 0. The molecule has 0 saturated carbocycles. The summed E-state index contributed by atoms with van der Waals surface area (Å²) >= 11 is 0. The van der Waals surface area contributed by atoms with Crippen molar-refractivity contribution in [3.8, 4) is 5.75 Å². The number of methoxy groups -OCH3 is 1. The van der Waals surface area contributed by atoms with Gasteiger partial charge in [0.25, 0.3) is 0 Å². The molecule has 0 aliphatic carbocycles. The number of hydrogen-bond acceptors (Lipinski definition) is 2. The van der Waals surface area contributed by atoms with Crippen LogP contribution in [0.3, 0.4) is 0 Å². The molecule has 2 nitrogen and oxygen atoms in total. The average molecular weight is 349 g/mol. The van der Waals surface area contributed by atoms with Crippen LogP contribution < -0.4 is 4.74 Å². The summed E-state index contributed by atoms with van der Waals surface area (Å²) < 4.78 is 35.9. The highest BCUT2D eigenvalue weighted by molar-refractivity contribution is 6.07. The summed E-state index contributed by atoms with van der Waals surface area (Å²) in [4.78, 5) is 4.35. The maximum atomic E-state index is 15.4. The van der Waals surface area contributed by atoms with E-state index in [-0.39, 0.29) is 11.3 Å². The van der Waals surface area contributed by atoms with Gasteiger partial charge in [0.15, 0.2) is 0 Å². The van der Waals surface area contributed by atoms with E-state index < -0.39 is 5.92 Å². The normalized spacial score (nSPS) is 11.8. The molecule has 0 N–H and O–H groups in total. The summed E-state index contributed by atoms with van der Waals surface area (Å²) in [5, 5.41) is 2.13. The lowest BCUT2D eigenvalue weighted by molar-refractivity contribution is 0.0401. The number of rotatable bonds is 3. The van der Waals surface area contributed by atoms with Crippen molar-refractivity contribution in [2.24, 2.45) is 0 Å². The van der Waals surface area contributed by atoms with E-state index in [4.69, 9.17) is 4.74 Å². The van der Waals surface area contributed by atoms with Gasteiger partial charge in [-0.2, -0.15) is 8.78 Å². The predicted octanol–water partition coefficient (Wildman–Crippen LogP) is 5.85. The fourth-order valence-corrected chi connectivity index (χ4v) is 3.24. The monoisotopic (exact) mass is 349 g/mol. The molecule has 0 radical (unpaired) electrons. The summed E-state index contributed by atoms with van der Waals surface area (Å²) in [6.07, 6.45) is 0. The molecule has 0 atom stereocenters. The third-order valence-electron chi connectivity index (χ3n) is 4.61. The topological polar surface area (TPSA) is 22.1 Å². The van der Waals surface area contributed by atoms with Crippen molar-refractivity contribution in [3.05, 3.63) is 83.6 Å². The summed E-state index contributed by atoms with van der Waals surface area (Å²) in [6.45, 7) is 1.89. The highest BCUT2D eigenvalue weighted by Gasteiger charge is 2.37. The SMILES string of the molecule is COc1ccc(C(F)(F)c2nc3ccccc3c3ccc(C)cc23)cc1. The van der Waals surface area contributed by atoms with E-state index in [1.54, 1.807) is 12.1 Å². The van der Waals surface area contributed by atoms with Gasteiger partial charge in [0.2, 0.25) is 0 Å². The molecule has 26 heavy (non-hydrogen) atoms. The van der Waals surface area contributed by atoms with Gasteiger partial charge in [-0.15, -0.1) is 0 Å². The molecule has 0 aliphatic heterocycles. The molecule has 0 fully saturated rings. The van der Waals surface area contributed by atoms with Gasteiger partial charge in [-0.1, -0.05) is 35.9 Å². The number of aromatic nitrogens is 1. The molecule has 0 bridgehead atoms. The Morgan fingerprint density at radius 3 is 2.31 bits per heavy atom. The Morgan fingerprint density at radius 1 is 0.846 bits per heavy atom. The van der Waals surface area contributed by atoms with Gasteiger partial charge in [0.05, 0.1) is 12.6 Å². The second-order valence-electron chi connectivity index (χ2n) is 6.33. The molecule has 4 rings (SSSR count). The molecule has 1 heterocycles. The van der Waals surface area contributed by atoms with E-state index in [2.05, 4.69) is 4.98 Å². The fourth-order valence-electron chi connectivity index (χ4n) is 3.24. The number of aryl methyl sites for hydroxylation is 1. The van der Waals surface area contributed by atoms with Crippen LogP contribution in [0, 0.1) is 6.92 Å². The van der Waals surface area contributed by atoms with Crippen LogP contribution in [0.5, 0.6) is 5.75 Å². The molecule has 0 aliphatic rings. The smallest absolute Gasteiger partial charge is 0.315 e. The predicted molar refractivity (Wildman–Crippen MR) is 100.0 cm³/mol. The first-order valence-electron chi connectivity index (χ1n) is 8.32. The maximum absolute atomic E-state index is 15.4. The largest absolute Gasteiger partial charge is 0.497 e. The molecule has 4 heteroatoms. The lowest BCUT2D eigenvalue weighted by atomic mass is 9.96. The van der Waals surface area contributed by atoms with Gasteiger partial charge in [-0.05, 0) is 48.7 Å². The minimum atomic E-state index is -3.22. The Bertz CT molecular complexity index is 1100. The maximum Gasteiger partial charge on any atom is 0.315 e. The van der Waals surface area contributed by atoms with Crippen molar-refractivity contribution < 1.29 is 13.5 Å². The molecule has 0 spiro atoms. The number of benzene rings is 3. The minimum absolute atomic E-state index is 0.108. The molecule has 1 aromatic heterocycles. The summed E-state index contributed by atoms with van der Waals surface area (Å²) in [7, 11) is 1.51. The lowest BCUT2D eigenvalue weighted by Crippen LogP contribution is -2.18. The van der Waals surface area contributed by atoms with Crippen molar-refractivity contribution in [2.75, 3.05) is 7.11 Å². The Balaban J connectivity index is 2.02.